The third-order valence-corrected chi connectivity index (χ3v) is 9.72. The molecule has 0 bridgehead atoms. The molecule has 0 spiro atoms. The first-order chi connectivity index (χ1) is 32.0. The first-order valence-electron chi connectivity index (χ1n) is 25.1. The van der Waals surface area contributed by atoms with E-state index in [0.29, 0.717) is 19.3 Å². The summed E-state index contributed by atoms with van der Waals surface area (Å²) in [5.41, 5.74) is 0. The molecule has 0 fully saturated rings. The van der Waals surface area contributed by atoms with Crippen LogP contribution in [0, 0.1) is 0 Å². The summed E-state index contributed by atoms with van der Waals surface area (Å²) in [4.78, 5) is 37.9. The molecule has 360 valence electrons. The lowest BCUT2D eigenvalue weighted by atomic mass is 10.1. The standard InChI is InChI=1S/C59H88O6/c1-4-7-10-13-16-19-22-25-27-29-31-34-37-40-43-46-49-52-58(61)64-55-56(54-63-57(60)51-48-45-42-39-36-33-24-21-18-15-12-9-6-3)65-59(62)53-50-47-44-41-38-35-32-30-28-26-23-20-17-14-11-8-5-2/h7,9-10,12-13,15-22,24-29,31-32,34-35,37,41,44,56H,4-6,8,11,14,23,30,33,36,38-40,42-43,45-55H2,1-3H3/b10-7+,12-9+,16-13+,18-15+,20-17+,22-19+,24-21+,27-25+,28-26+,31-29+,35-32+,37-34+,44-41+. The zero-order valence-corrected chi connectivity index (χ0v) is 40.9. The minimum absolute atomic E-state index is 0.133. The Bertz CT molecular complexity index is 1540. The molecule has 0 amide bonds. The molecule has 0 aromatic heterocycles. The van der Waals surface area contributed by atoms with Crippen LogP contribution < -0.4 is 0 Å². The fourth-order valence-electron chi connectivity index (χ4n) is 5.99. The van der Waals surface area contributed by atoms with Gasteiger partial charge in [0.2, 0.25) is 0 Å². The van der Waals surface area contributed by atoms with Gasteiger partial charge in [-0.15, -0.1) is 0 Å². The van der Waals surface area contributed by atoms with Gasteiger partial charge in [-0.05, 0) is 96.3 Å². The van der Waals surface area contributed by atoms with E-state index < -0.39 is 12.1 Å². The number of unbranched alkanes of at least 4 members (excludes halogenated alkanes) is 12. The van der Waals surface area contributed by atoms with Crippen LogP contribution in [0.15, 0.2) is 158 Å². The van der Waals surface area contributed by atoms with Crippen LogP contribution in [0.1, 0.15) is 175 Å². The second-order valence-electron chi connectivity index (χ2n) is 15.8. The molecule has 6 heteroatoms. The number of esters is 3. The molecule has 0 aliphatic heterocycles. The van der Waals surface area contributed by atoms with Crippen LogP contribution in [-0.4, -0.2) is 37.2 Å². The molecule has 0 radical (unpaired) electrons. The van der Waals surface area contributed by atoms with Gasteiger partial charge in [0.05, 0.1) is 0 Å². The minimum Gasteiger partial charge on any atom is -0.462 e. The largest absolute Gasteiger partial charge is 0.462 e. The van der Waals surface area contributed by atoms with Crippen molar-refractivity contribution >= 4 is 17.9 Å². The number of hydrogen-bond donors (Lipinski definition) is 0. The topological polar surface area (TPSA) is 78.9 Å². The van der Waals surface area contributed by atoms with Crippen molar-refractivity contribution in [1.82, 2.24) is 0 Å². The van der Waals surface area contributed by atoms with Gasteiger partial charge >= 0.3 is 17.9 Å². The maximum Gasteiger partial charge on any atom is 0.306 e. The summed E-state index contributed by atoms with van der Waals surface area (Å²) < 4.78 is 16.7. The van der Waals surface area contributed by atoms with Gasteiger partial charge in [0.1, 0.15) is 13.2 Å². The number of rotatable bonds is 42. The van der Waals surface area contributed by atoms with Gasteiger partial charge in [0, 0.05) is 19.3 Å². The summed E-state index contributed by atoms with van der Waals surface area (Å²) in [7, 11) is 0. The maximum absolute atomic E-state index is 12.8. The first kappa shape index (κ1) is 60.0. The van der Waals surface area contributed by atoms with Crippen LogP contribution in [0.25, 0.3) is 0 Å². The molecule has 65 heavy (non-hydrogen) atoms. The number of carbonyl (C=O) groups excluding carboxylic acids is 3. The molecule has 0 rings (SSSR count). The molecule has 1 atom stereocenters. The van der Waals surface area contributed by atoms with E-state index in [-0.39, 0.29) is 38.0 Å². The van der Waals surface area contributed by atoms with Crippen LogP contribution >= 0.6 is 0 Å². The van der Waals surface area contributed by atoms with E-state index >= 15 is 0 Å². The summed E-state index contributed by atoms with van der Waals surface area (Å²) >= 11 is 0. The van der Waals surface area contributed by atoms with Crippen molar-refractivity contribution in [2.24, 2.45) is 0 Å². The summed E-state index contributed by atoms with van der Waals surface area (Å²) in [6, 6.07) is 0. The molecule has 0 N–H and O–H groups in total. The van der Waals surface area contributed by atoms with E-state index in [2.05, 4.69) is 112 Å². The van der Waals surface area contributed by atoms with Crippen LogP contribution in [0.4, 0.5) is 0 Å². The Morgan fingerprint density at radius 1 is 0.338 bits per heavy atom. The first-order valence-corrected chi connectivity index (χ1v) is 25.1. The van der Waals surface area contributed by atoms with Crippen molar-refractivity contribution < 1.29 is 28.6 Å². The maximum atomic E-state index is 12.8. The number of carbonyl (C=O) groups is 3. The highest BCUT2D eigenvalue weighted by Gasteiger charge is 2.19. The average Bonchev–Trinajstić information content (AvgIpc) is 3.30. The monoisotopic (exact) mass is 893 g/mol. The third-order valence-electron chi connectivity index (χ3n) is 9.72. The fraction of sp³-hybridized carbons (Fsp3) is 0.508. The highest BCUT2D eigenvalue weighted by molar-refractivity contribution is 5.71. The predicted octanol–water partition coefficient (Wildman–Crippen LogP) is 16.6. The zero-order chi connectivity index (χ0) is 47.2. The van der Waals surface area contributed by atoms with Crippen LogP contribution in [-0.2, 0) is 28.6 Å². The fourth-order valence-corrected chi connectivity index (χ4v) is 5.99. The zero-order valence-electron chi connectivity index (χ0n) is 40.9. The molecule has 0 heterocycles. The molecule has 0 aromatic rings. The predicted molar refractivity (Wildman–Crippen MR) is 278 cm³/mol. The van der Waals surface area contributed by atoms with Crippen LogP contribution in [0.2, 0.25) is 0 Å². The Kier molecular flexibility index (Phi) is 47.7. The van der Waals surface area contributed by atoms with Crippen molar-refractivity contribution in [2.75, 3.05) is 13.2 Å². The van der Waals surface area contributed by atoms with E-state index in [0.717, 1.165) is 96.3 Å². The van der Waals surface area contributed by atoms with Gasteiger partial charge in [-0.1, -0.05) is 217 Å². The highest BCUT2D eigenvalue weighted by Crippen LogP contribution is 2.11. The highest BCUT2D eigenvalue weighted by atomic mass is 16.6. The normalized spacial score (nSPS) is 13.5. The second-order valence-corrected chi connectivity index (χ2v) is 15.8. The number of allylic oxidation sites excluding steroid dienone is 26. The van der Waals surface area contributed by atoms with Crippen LogP contribution in [0.3, 0.4) is 0 Å². The molecule has 0 aliphatic rings. The van der Waals surface area contributed by atoms with Crippen molar-refractivity contribution in [3.63, 3.8) is 0 Å². The Morgan fingerprint density at radius 3 is 1.14 bits per heavy atom. The smallest absolute Gasteiger partial charge is 0.306 e. The number of hydrogen-bond acceptors (Lipinski definition) is 6. The molecule has 0 saturated heterocycles. The molecule has 6 nitrogen and oxygen atoms in total. The SMILES string of the molecule is CC/C=C/C=C/C=C/C=C/C=C/C=C/CCCCCC(=O)OCC(COC(=O)CCCCCCC/C=C/C=C/C=C/CC)OC(=O)CCC/C=C/C/C=C/C/C=C/C/C=C/CCCCC. The summed E-state index contributed by atoms with van der Waals surface area (Å²) in [5, 5.41) is 0. The molecule has 0 aliphatic carbocycles. The molecular weight excluding hydrogens is 805 g/mol. The van der Waals surface area contributed by atoms with Gasteiger partial charge < -0.3 is 14.2 Å². The lowest BCUT2D eigenvalue weighted by Crippen LogP contribution is -2.30. The van der Waals surface area contributed by atoms with Gasteiger partial charge in [-0.2, -0.15) is 0 Å². The van der Waals surface area contributed by atoms with E-state index in [1.54, 1.807) is 0 Å². The second kappa shape index (κ2) is 51.7. The number of ether oxygens (including phenoxy) is 3. The van der Waals surface area contributed by atoms with Gasteiger partial charge in [-0.3, -0.25) is 14.4 Å². The molecule has 0 aromatic carbocycles. The summed E-state index contributed by atoms with van der Waals surface area (Å²) in [6.07, 6.45) is 75.1. The molecular formula is C59H88O6. The van der Waals surface area contributed by atoms with Crippen molar-refractivity contribution in [3.05, 3.63) is 158 Å². The Balaban J connectivity index is 4.65. The Morgan fingerprint density at radius 2 is 0.677 bits per heavy atom. The van der Waals surface area contributed by atoms with E-state index in [4.69, 9.17) is 14.2 Å². The average molecular weight is 893 g/mol. The minimum atomic E-state index is -0.841. The Labute approximate surface area is 397 Å². The van der Waals surface area contributed by atoms with Gasteiger partial charge in [0.15, 0.2) is 6.10 Å². The van der Waals surface area contributed by atoms with E-state index in [1.807, 2.05) is 66.8 Å². The third kappa shape index (κ3) is 49.9. The van der Waals surface area contributed by atoms with Gasteiger partial charge in [0.25, 0.3) is 0 Å². The van der Waals surface area contributed by atoms with Crippen molar-refractivity contribution in [2.45, 2.75) is 181 Å². The van der Waals surface area contributed by atoms with Crippen LogP contribution in [0.5, 0.6) is 0 Å². The van der Waals surface area contributed by atoms with Crippen molar-refractivity contribution in [1.29, 1.82) is 0 Å². The lowest BCUT2D eigenvalue weighted by molar-refractivity contribution is -0.167. The molecule has 0 saturated carbocycles. The lowest BCUT2D eigenvalue weighted by Gasteiger charge is -2.18. The summed E-state index contributed by atoms with van der Waals surface area (Å²) in [5.74, 6) is -1.07. The Hall–Kier alpha value is -4.97. The van der Waals surface area contributed by atoms with Gasteiger partial charge in [-0.25, -0.2) is 0 Å². The van der Waals surface area contributed by atoms with E-state index in [9.17, 15) is 14.4 Å². The van der Waals surface area contributed by atoms with E-state index in [1.165, 1.54) is 25.7 Å². The van der Waals surface area contributed by atoms with Crippen molar-refractivity contribution in [3.8, 4) is 0 Å². The quantitative estimate of drug-likeness (QED) is 0.0200. The summed E-state index contributed by atoms with van der Waals surface area (Å²) in [6.45, 7) is 6.19. The molecule has 1 unspecified atom stereocenters.